The molecule has 1 N–H and O–H groups in total. The first kappa shape index (κ1) is 13.4. The van der Waals surface area contributed by atoms with Gasteiger partial charge in [0.05, 0.1) is 0 Å². The fraction of sp³-hybridized carbons (Fsp3) is 0.0667. The Morgan fingerprint density at radius 3 is 2.86 bits per heavy atom. The molecule has 0 aliphatic heterocycles. The summed E-state index contributed by atoms with van der Waals surface area (Å²) < 4.78 is 7.57. The SMILES string of the molecule is Cc1ccc(Oc2nc3sccn3c2/C=C/C(=O)O)cc1. The van der Waals surface area contributed by atoms with Gasteiger partial charge >= 0.3 is 5.97 Å². The van der Waals surface area contributed by atoms with E-state index in [9.17, 15) is 4.79 Å². The molecule has 2 aromatic heterocycles. The van der Waals surface area contributed by atoms with Gasteiger partial charge in [0.1, 0.15) is 11.4 Å². The molecule has 3 rings (SSSR count). The number of carboxylic acids is 1. The average Bonchev–Trinajstić information content (AvgIpc) is 3.00. The van der Waals surface area contributed by atoms with Crippen molar-refractivity contribution in [2.75, 3.05) is 0 Å². The van der Waals surface area contributed by atoms with Crippen LogP contribution >= 0.6 is 11.3 Å². The van der Waals surface area contributed by atoms with Gasteiger partial charge < -0.3 is 9.84 Å². The fourth-order valence-electron chi connectivity index (χ4n) is 1.88. The molecule has 106 valence electrons. The van der Waals surface area contributed by atoms with Crippen LogP contribution in [0.2, 0.25) is 0 Å². The fourth-order valence-corrected chi connectivity index (χ4v) is 2.59. The normalized spacial score (nSPS) is 11.3. The van der Waals surface area contributed by atoms with Gasteiger partial charge in [-0.15, -0.1) is 11.3 Å². The van der Waals surface area contributed by atoms with Crippen LogP contribution in [0.3, 0.4) is 0 Å². The standard InChI is InChI=1S/C15H12N2O3S/c1-10-2-4-11(5-3-10)20-14-12(6-7-13(18)19)17-8-9-21-15(17)16-14/h2-9H,1H3,(H,18,19)/b7-6+. The Kier molecular flexibility index (Phi) is 3.45. The number of hydrogen-bond donors (Lipinski definition) is 1. The zero-order chi connectivity index (χ0) is 14.8. The van der Waals surface area contributed by atoms with E-state index in [1.54, 1.807) is 4.40 Å². The van der Waals surface area contributed by atoms with E-state index in [-0.39, 0.29) is 0 Å². The predicted octanol–water partition coefficient (Wildman–Crippen LogP) is 3.59. The smallest absolute Gasteiger partial charge is 0.328 e. The van der Waals surface area contributed by atoms with Gasteiger partial charge in [0.25, 0.3) is 0 Å². The number of nitrogens with zero attached hydrogens (tertiary/aromatic N) is 2. The largest absolute Gasteiger partial charge is 0.478 e. The lowest BCUT2D eigenvalue weighted by Gasteiger charge is -2.04. The van der Waals surface area contributed by atoms with Gasteiger partial charge in [0.15, 0.2) is 4.96 Å². The summed E-state index contributed by atoms with van der Waals surface area (Å²) in [5.41, 5.74) is 1.74. The summed E-state index contributed by atoms with van der Waals surface area (Å²) in [5.74, 6) is 0.0426. The number of carbonyl (C=O) groups is 1. The summed E-state index contributed by atoms with van der Waals surface area (Å²) in [7, 11) is 0. The molecule has 21 heavy (non-hydrogen) atoms. The number of aliphatic carboxylic acids is 1. The number of rotatable bonds is 4. The minimum Gasteiger partial charge on any atom is -0.478 e. The van der Waals surface area contributed by atoms with Gasteiger partial charge in [-0.05, 0) is 25.1 Å². The summed E-state index contributed by atoms with van der Waals surface area (Å²) in [6, 6.07) is 7.60. The number of carboxylic acid groups (broad SMARTS) is 1. The van der Waals surface area contributed by atoms with Crippen LogP contribution in [0.5, 0.6) is 11.6 Å². The first-order chi connectivity index (χ1) is 10.1. The van der Waals surface area contributed by atoms with Crippen LogP contribution < -0.4 is 4.74 Å². The number of imidazole rings is 1. The van der Waals surface area contributed by atoms with Crippen molar-refractivity contribution < 1.29 is 14.6 Å². The third kappa shape index (κ3) is 2.80. The van der Waals surface area contributed by atoms with Crippen molar-refractivity contribution in [3.8, 4) is 11.6 Å². The second-order valence-corrected chi connectivity index (χ2v) is 5.32. The van der Waals surface area contributed by atoms with E-state index < -0.39 is 5.97 Å². The number of ether oxygens (including phenoxy) is 1. The predicted molar refractivity (Wildman–Crippen MR) is 81.0 cm³/mol. The Balaban J connectivity index is 2.00. The van der Waals surface area contributed by atoms with E-state index in [0.717, 1.165) is 16.6 Å². The van der Waals surface area contributed by atoms with Gasteiger partial charge in [-0.25, -0.2) is 4.79 Å². The molecule has 0 spiro atoms. The number of hydrogen-bond acceptors (Lipinski definition) is 4. The van der Waals surface area contributed by atoms with E-state index in [1.807, 2.05) is 42.8 Å². The molecular weight excluding hydrogens is 288 g/mol. The van der Waals surface area contributed by atoms with Gasteiger partial charge in [0, 0.05) is 17.7 Å². The van der Waals surface area contributed by atoms with Crippen molar-refractivity contribution in [1.29, 1.82) is 0 Å². The quantitative estimate of drug-likeness (QED) is 0.748. The summed E-state index contributed by atoms with van der Waals surface area (Å²) in [4.78, 5) is 15.9. The molecule has 5 nitrogen and oxygen atoms in total. The summed E-state index contributed by atoms with van der Waals surface area (Å²) >= 11 is 1.46. The van der Waals surface area contributed by atoms with Gasteiger partial charge in [-0.1, -0.05) is 17.7 Å². The Morgan fingerprint density at radius 2 is 2.14 bits per heavy atom. The maximum absolute atomic E-state index is 10.7. The second kappa shape index (κ2) is 5.41. The Labute approximate surface area is 124 Å². The van der Waals surface area contributed by atoms with Crippen LogP contribution in [-0.4, -0.2) is 20.5 Å². The molecule has 1 aromatic carbocycles. The van der Waals surface area contributed by atoms with Crippen LogP contribution in [0.25, 0.3) is 11.0 Å². The van der Waals surface area contributed by atoms with Crippen LogP contribution in [0.15, 0.2) is 41.9 Å². The van der Waals surface area contributed by atoms with E-state index in [4.69, 9.17) is 9.84 Å². The highest BCUT2D eigenvalue weighted by atomic mass is 32.1. The van der Waals surface area contributed by atoms with E-state index >= 15 is 0 Å². The highest BCUT2D eigenvalue weighted by Gasteiger charge is 2.13. The van der Waals surface area contributed by atoms with E-state index in [2.05, 4.69) is 4.98 Å². The molecular formula is C15H12N2O3S. The van der Waals surface area contributed by atoms with Crippen LogP contribution in [0.1, 0.15) is 11.3 Å². The number of aryl methyl sites for hydroxylation is 1. The molecule has 0 saturated heterocycles. The van der Waals surface area contributed by atoms with Crippen molar-refractivity contribution in [3.05, 3.63) is 53.2 Å². The number of thiazole rings is 1. The lowest BCUT2D eigenvalue weighted by atomic mass is 10.2. The minimum absolute atomic E-state index is 0.392. The zero-order valence-electron chi connectivity index (χ0n) is 11.2. The number of fused-ring (bicyclic) bond motifs is 1. The molecule has 0 amide bonds. The van der Waals surface area contributed by atoms with Crippen LogP contribution in [-0.2, 0) is 4.79 Å². The number of aromatic nitrogens is 2. The van der Waals surface area contributed by atoms with Crippen molar-refractivity contribution in [1.82, 2.24) is 9.38 Å². The molecule has 0 radical (unpaired) electrons. The Bertz CT molecular complexity index is 815. The summed E-state index contributed by atoms with van der Waals surface area (Å²) in [6.07, 6.45) is 4.39. The van der Waals surface area contributed by atoms with Crippen molar-refractivity contribution in [3.63, 3.8) is 0 Å². The molecule has 0 aliphatic rings. The maximum atomic E-state index is 10.7. The molecule has 2 heterocycles. The zero-order valence-corrected chi connectivity index (χ0v) is 12.0. The first-order valence-corrected chi connectivity index (χ1v) is 7.12. The maximum Gasteiger partial charge on any atom is 0.328 e. The van der Waals surface area contributed by atoms with Crippen LogP contribution in [0, 0.1) is 6.92 Å². The molecule has 0 fully saturated rings. The van der Waals surface area contributed by atoms with Crippen molar-refractivity contribution in [2.24, 2.45) is 0 Å². The highest BCUT2D eigenvalue weighted by molar-refractivity contribution is 7.15. The average molecular weight is 300 g/mol. The third-order valence-corrected chi connectivity index (χ3v) is 3.64. The summed E-state index contributed by atoms with van der Waals surface area (Å²) in [5, 5.41) is 10.7. The molecule has 3 aromatic rings. The molecule has 0 aliphatic carbocycles. The lowest BCUT2D eigenvalue weighted by molar-refractivity contribution is -0.131. The Morgan fingerprint density at radius 1 is 1.38 bits per heavy atom. The van der Waals surface area contributed by atoms with Crippen molar-refractivity contribution >= 4 is 28.3 Å². The molecule has 0 bridgehead atoms. The molecule has 0 saturated carbocycles. The monoisotopic (exact) mass is 300 g/mol. The Hall–Kier alpha value is -2.60. The van der Waals surface area contributed by atoms with Crippen LogP contribution in [0.4, 0.5) is 0 Å². The van der Waals surface area contributed by atoms with Crippen molar-refractivity contribution in [2.45, 2.75) is 6.92 Å². The summed E-state index contributed by atoms with van der Waals surface area (Å²) in [6.45, 7) is 2.00. The molecule has 0 atom stereocenters. The molecule has 6 heteroatoms. The topological polar surface area (TPSA) is 63.8 Å². The van der Waals surface area contributed by atoms with Gasteiger partial charge in [0.2, 0.25) is 5.88 Å². The minimum atomic E-state index is -1.01. The third-order valence-electron chi connectivity index (χ3n) is 2.88. The second-order valence-electron chi connectivity index (χ2n) is 4.44. The first-order valence-electron chi connectivity index (χ1n) is 6.24. The van der Waals surface area contributed by atoms with E-state index in [0.29, 0.717) is 17.3 Å². The van der Waals surface area contributed by atoms with Gasteiger partial charge in [-0.3, -0.25) is 4.40 Å². The van der Waals surface area contributed by atoms with Gasteiger partial charge in [-0.2, -0.15) is 4.98 Å². The number of benzene rings is 1. The lowest BCUT2D eigenvalue weighted by Crippen LogP contribution is -1.91. The molecule has 0 unspecified atom stereocenters. The highest BCUT2D eigenvalue weighted by Crippen LogP contribution is 2.29. The van der Waals surface area contributed by atoms with E-state index in [1.165, 1.54) is 17.4 Å².